The number of aliphatic imine (C=N–C) groups is 1. The quantitative estimate of drug-likeness (QED) is 0.491. The summed E-state index contributed by atoms with van der Waals surface area (Å²) in [6.45, 7) is 4.15. The summed E-state index contributed by atoms with van der Waals surface area (Å²) < 4.78 is 5.31. The highest BCUT2D eigenvalue weighted by Crippen LogP contribution is 2.38. The maximum absolute atomic E-state index is 13.0. The van der Waals surface area contributed by atoms with Crippen molar-refractivity contribution in [1.82, 2.24) is 0 Å². The van der Waals surface area contributed by atoms with E-state index in [1.807, 2.05) is 55.5 Å². The van der Waals surface area contributed by atoms with Crippen LogP contribution >= 0.6 is 11.8 Å². The number of thioether (sulfide) groups is 1. The molecular formula is C27H28N2O2S. The average molecular weight is 445 g/mol. The lowest BCUT2D eigenvalue weighted by atomic mass is 9.85. The molecule has 0 saturated heterocycles. The van der Waals surface area contributed by atoms with Crippen LogP contribution in [0.25, 0.3) is 11.1 Å². The maximum atomic E-state index is 13.0. The zero-order valence-corrected chi connectivity index (χ0v) is 19.5. The average Bonchev–Trinajstić information content (AvgIpc) is 2.79. The molecule has 1 heterocycles. The van der Waals surface area contributed by atoms with Crippen molar-refractivity contribution in [3.63, 3.8) is 0 Å². The molecule has 4 nitrogen and oxygen atoms in total. The van der Waals surface area contributed by atoms with E-state index >= 15 is 0 Å². The fraction of sp³-hybridized carbons (Fsp3) is 0.259. The van der Waals surface area contributed by atoms with E-state index in [0.29, 0.717) is 11.6 Å². The van der Waals surface area contributed by atoms with Crippen molar-refractivity contribution in [2.24, 2.45) is 10.7 Å². The number of hydrogen-bond acceptors (Lipinski definition) is 5. The van der Waals surface area contributed by atoms with Gasteiger partial charge in [-0.2, -0.15) is 0 Å². The van der Waals surface area contributed by atoms with Gasteiger partial charge in [0.25, 0.3) is 0 Å². The minimum atomic E-state index is -0.403. The molecule has 1 unspecified atom stereocenters. The van der Waals surface area contributed by atoms with Gasteiger partial charge in [0, 0.05) is 17.7 Å². The summed E-state index contributed by atoms with van der Waals surface area (Å²) in [6.07, 6.45) is 1.24. The van der Waals surface area contributed by atoms with Crippen molar-refractivity contribution in [2.45, 2.75) is 32.2 Å². The molecular weight excluding hydrogens is 416 g/mol. The smallest absolute Gasteiger partial charge is 0.167 e. The molecule has 0 spiro atoms. The van der Waals surface area contributed by atoms with E-state index in [0.717, 1.165) is 51.3 Å². The van der Waals surface area contributed by atoms with Crippen molar-refractivity contribution in [1.29, 1.82) is 0 Å². The third-order valence-corrected chi connectivity index (χ3v) is 6.77. The molecule has 1 aliphatic rings. The molecule has 5 heteroatoms. The lowest BCUT2D eigenvalue weighted by Crippen LogP contribution is -2.29. The van der Waals surface area contributed by atoms with E-state index in [4.69, 9.17) is 15.5 Å². The summed E-state index contributed by atoms with van der Waals surface area (Å²) in [6, 6.07) is 22.1. The molecule has 32 heavy (non-hydrogen) atoms. The molecule has 3 aromatic rings. The first kappa shape index (κ1) is 22.2. The first-order valence-electron chi connectivity index (χ1n) is 10.7. The normalized spacial score (nSPS) is 18.2. The summed E-state index contributed by atoms with van der Waals surface area (Å²) in [7, 11) is 1.66. The van der Waals surface area contributed by atoms with Gasteiger partial charge in [0.2, 0.25) is 0 Å². The predicted molar refractivity (Wildman–Crippen MR) is 134 cm³/mol. The molecule has 0 fully saturated rings. The highest BCUT2D eigenvalue weighted by Gasteiger charge is 2.30. The van der Waals surface area contributed by atoms with Crippen LogP contribution in [0.4, 0.5) is 0 Å². The summed E-state index contributed by atoms with van der Waals surface area (Å²) in [5.74, 6) is 1.85. The zero-order chi connectivity index (χ0) is 22.7. The Labute approximate surface area is 193 Å². The molecule has 164 valence electrons. The van der Waals surface area contributed by atoms with Crippen LogP contribution in [-0.2, 0) is 12.0 Å². The van der Waals surface area contributed by atoms with E-state index in [9.17, 15) is 4.79 Å². The van der Waals surface area contributed by atoms with Crippen LogP contribution in [0.3, 0.4) is 0 Å². The Morgan fingerprint density at radius 2 is 1.78 bits per heavy atom. The number of nitrogens with two attached hydrogens (primary N) is 1. The Bertz CT molecular complexity index is 1150. The zero-order valence-electron chi connectivity index (χ0n) is 18.7. The second kappa shape index (κ2) is 9.21. The van der Waals surface area contributed by atoms with E-state index in [1.54, 1.807) is 18.9 Å². The molecule has 0 amide bonds. The van der Waals surface area contributed by atoms with Crippen LogP contribution in [0.15, 0.2) is 71.7 Å². The van der Waals surface area contributed by atoms with Crippen LogP contribution < -0.4 is 10.5 Å². The van der Waals surface area contributed by atoms with E-state index in [1.165, 1.54) is 0 Å². The van der Waals surface area contributed by atoms with Gasteiger partial charge in [0.15, 0.2) is 11.0 Å². The Morgan fingerprint density at radius 1 is 1.06 bits per heavy atom. The fourth-order valence-electron chi connectivity index (χ4n) is 3.98. The summed E-state index contributed by atoms with van der Waals surface area (Å²) >= 11 is 1.59. The van der Waals surface area contributed by atoms with Crippen LogP contribution in [0.5, 0.6) is 5.75 Å². The van der Waals surface area contributed by atoms with Crippen LogP contribution in [-0.4, -0.2) is 23.8 Å². The number of hydrogen-bond donors (Lipinski definition) is 1. The van der Waals surface area contributed by atoms with Gasteiger partial charge in [0.1, 0.15) is 5.75 Å². The lowest BCUT2D eigenvalue weighted by molar-refractivity contribution is 0.0993. The molecule has 0 aromatic heterocycles. The van der Waals surface area contributed by atoms with Gasteiger partial charge in [-0.15, -0.1) is 0 Å². The third kappa shape index (κ3) is 4.89. The summed E-state index contributed by atoms with van der Waals surface area (Å²) in [4.78, 5) is 17.8. The highest BCUT2D eigenvalue weighted by molar-refractivity contribution is 8.13. The Balaban J connectivity index is 1.75. The van der Waals surface area contributed by atoms with Crippen LogP contribution in [0, 0.1) is 6.92 Å². The van der Waals surface area contributed by atoms with Gasteiger partial charge in [-0.05, 0) is 60.7 Å². The molecule has 0 aliphatic carbocycles. The molecule has 1 atom stereocenters. The van der Waals surface area contributed by atoms with Gasteiger partial charge in [-0.3, -0.25) is 9.79 Å². The Kier molecular flexibility index (Phi) is 6.38. The number of aryl methyl sites for hydroxylation is 1. The molecule has 1 aliphatic heterocycles. The molecule has 0 bridgehead atoms. The van der Waals surface area contributed by atoms with Crippen molar-refractivity contribution < 1.29 is 9.53 Å². The topological polar surface area (TPSA) is 64.7 Å². The molecule has 0 saturated carbocycles. The van der Waals surface area contributed by atoms with Crippen molar-refractivity contribution in [3.05, 3.63) is 89.0 Å². The van der Waals surface area contributed by atoms with Crippen molar-refractivity contribution in [2.75, 3.05) is 12.9 Å². The van der Waals surface area contributed by atoms with Gasteiger partial charge in [-0.1, -0.05) is 65.9 Å². The first-order valence-corrected chi connectivity index (χ1v) is 11.7. The second-order valence-corrected chi connectivity index (χ2v) is 9.55. The summed E-state index contributed by atoms with van der Waals surface area (Å²) in [5.41, 5.74) is 11.7. The minimum absolute atomic E-state index is 0.107. The van der Waals surface area contributed by atoms with Crippen LogP contribution in [0.2, 0.25) is 0 Å². The number of carbonyl (C=O) groups is 1. The van der Waals surface area contributed by atoms with Gasteiger partial charge >= 0.3 is 0 Å². The highest BCUT2D eigenvalue weighted by atomic mass is 32.2. The standard InChI is InChI=1S/C27H28N2O2S/c1-18-4-6-21(7-5-18)25(30)16-19-14-22(20-8-10-24(31-3)11-9-20)17-23(15-19)27(2)12-13-32-26(28)29-27/h4-11,14-15,17H,12-13,16H2,1-3H3,(H2,28,29). The van der Waals surface area contributed by atoms with Gasteiger partial charge in [-0.25, -0.2) is 0 Å². The van der Waals surface area contributed by atoms with Crippen molar-refractivity contribution >= 4 is 22.7 Å². The first-order chi connectivity index (χ1) is 15.4. The third-order valence-electron chi connectivity index (χ3n) is 5.97. The Morgan fingerprint density at radius 3 is 2.44 bits per heavy atom. The number of benzene rings is 3. The lowest BCUT2D eigenvalue weighted by Gasteiger charge is -2.30. The van der Waals surface area contributed by atoms with E-state index in [-0.39, 0.29) is 5.78 Å². The van der Waals surface area contributed by atoms with Gasteiger partial charge < -0.3 is 10.5 Å². The monoisotopic (exact) mass is 444 g/mol. The minimum Gasteiger partial charge on any atom is -0.497 e. The van der Waals surface area contributed by atoms with Gasteiger partial charge in [0.05, 0.1) is 12.6 Å². The van der Waals surface area contributed by atoms with E-state index in [2.05, 4.69) is 25.1 Å². The molecule has 4 rings (SSSR count). The number of rotatable bonds is 6. The Hall–Kier alpha value is -3.05. The fourth-order valence-corrected chi connectivity index (χ4v) is 4.95. The molecule has 2 N–H and O–H groups in total. The SMILES string of the molecule is COc1ccc(-c2cc(CC(=O)c3ccc(C)cc3)cc(C3(C)CCSC(N)=N3)c2)cc1. The number of ether oxygens (including phenoxy) is 1. The van der Waals surface area contributed by atoms with Crippen molar-refractivity contribution in [3.8, 4) is 16.9 Å². The number of ketones is 1. The number of amidine groups is 1. The number of carbonyl (C=O) groups excluding carboxylic acids is 1. The second-order valence-electron chi connectivity index (χ2n) is 8.44. The summed E-state index contributed by atoms with van der Waals surface area (Å²) in [5, 5.41) is 0.617. The number of methoxy groups -OCH3 is 1. The largest absolute Gasteiger partial charge is 0.497 e. The number of Topliss-reactive ketones (excluding diaryl/α,β-unsaturated/α-hetero) is 1. The number of nitrogens with zero attached hydrogens (tertiary/aromatic N) is 1. The van der Waals surface area contributed by atoms with E-state index < -0.39 is 5.54 Å². The molecule has 3 aromatic carbocycles. The van der Waals surface area contributed by atoms with Crippen LogP contribution in [0.1, 0.15) is 40.4 Å². The molecule has 0 radical (unpaired) electrons. The maximum Gasteiger partial charge on any atom is 0.167 e. The predicted octanol–water partition coefficient (Wildman–Crippen LogP) is 5.76.